The molecular formula is C12H12N2O4S. The lowest BCUT2D eigenvalue weighted by molar-refractivity contribution is -0.385. The topological polar surface area (TPSA) is 81.5 Å². The zero-order chi connectivity index (χ0) is 13.8. The normalized spacial score (nSPS) is 13.0. The molecule has 7 heteroatoms. The number of carbonyl (C=O) groups is 1. The molecule has 1 heterocycles. The largest absolute Gasteiger partial charge is 0.465 e. The van der Waals surface area contributed by atoms with Crippen molar-refractivity contribution in [3.8, 4) is 0 Å². The number of nitro benzene ring substituents is 1. The second-order valence-electron chi connectivity index (χ2n) is 3.91. The fraction of sp³-hybridized carbons (Fsp3) is 0.250. The molecular weight excluding hydrogens is 268 g/mol. The fourth-order valence-corrected chi connectivity index (χ4v) is 2.47. The number of esters is 1. The molecule has 0 saturated heterocycles. The minimum Gasteiger partial charge on any atom is -0.465 e. The molecule has 0 unspecified atom stereocenters. The molecule has 1 aromatic carbocycles. The van der Waals surface area contributed by atoms with Gasteiger partial charge in [-0.1, -0.05) is 11.8 Å². The molecule has 1 aliphatic rings. The number of hydrogen-bond acceptors (Lipinski definition) is 6. The SMILES string of the molecule is CC(=O)OCCC1=CSc2cc([N+](=O)[O-])ccc2N1. The summed E-state index contributed by atoms with van der Waals surface area (Å²) in [6.07, 6.45) is 0.586. The second-order valence-corrected chi connectivity index (χ2v) is 4.82. The van der Waals surface area contributed by atoms with Gasteiger partial charge in [0.15, 0.2) is 0 Å². The summed E-state index contributed by atoms with van der Waals surface area (Å²) >= 11 is 1.42. The first-order valence-electron chi connectivity index (χ1n) is 5.61. The van der Waals surface area contributed by atoms with Crippen LogP contribution in [0.15, 0.2) is 34.2 Å². The number of fused-ring (bicyclic) bond motifs is 1. The second kappa shape index (κ2) is 5.75. The Morgan fingerprint density at radius 2 is 2.32 bits per heavy atom. The Labute approximate surface area is 114 Å². The highest BCUT2D eigenvalue weighted by atomic mass is 32.2. The summed E-state index contributed by atoms with van der Waals surface area (Å²) in [5.41, 5.74) is 1.83. The van der Waals surface area contributed by atoms with Gasteiger partial charge in [-0.2, -0.15) is 0 Å². The predicted octanol–water partition coefficient (Wildman–Crippen LogP) is 2.91. The molecule has 2 rings (SSSR count). The number of rotatable bonds is 4. The minimum absolute atomic E-state index is 0.0739. The summed E-state index contributed by atoms with van der Waals surface area (Å²) in [6, 6.07) is 4.67. The van der Waals surface area contributed by atoms with E-state index in [4.69, 9.17) is 4.74 Å². The molecule has 1 N–H and O–H groups in total. The zero-order valence-electron chi connectivity index (χ0n) is 10.2. The van der Waals surface area contributed by atoms with Gasteiger partial charge in [0.2, 0.25) is 0 Å². The van der Waals surface area contributed by atoms with E-state index in [1.807, 2.05) is 5.41 Å². The maximum absolute atomic E-state index is 10.7. The third-order valence-corrected chi connectivity index (χ3v) is 3.47. The van der Waals surface area contributed by atoms with Crippen molar-refractivity contribution in [1.29, 1.82) is 0 Å². The number of ether oxygens (including phenoxy) is 1. The van der Waals surface area contributed by atoms with E-state index < -0.39 is 4.92 Å². The highest BCUT2D eigenvalue weighted by Gasteiger charge is 2.15. The first-order valence-corrected chi connectivity index (χ1v) is 6.49. The molecule has 0 amide bonds. The van der Waals surface area contributed by atoms with E-state index in [1.54, 1.807) is 6.07 Å². The molecule has 6 nitrogen and oxygen atoms in total. The van der Waals surface area contributed by atoms with Crippen LogP contribution in [0.4, 0.5) is 11.4 Å². The average Bonchev–Trinajstić information content (AvgIpc) is 2.37. The van der Waals surface area contributed by atoms with Crippen LogP contribution in [-0.4, -0.2) is 17.5 Å². The van der Waals surface area contributed by atoms with E-state index in [2.05, 4.69) is 5.32 Å². The summed E-state index contributed by atoms with van der Waals surface area (Å²) in [6.45, 7) is 1.68. The van der Waals surface area contributed by atoms with Gasteiger partial charge in [-0.25, -0.2) is 0 Å². The van der Waals surface area contributed by atoms with Gasteiger partial charge in [0.05, 0.1) is 17.2 Å². The van der Waals surface area contributed by atoms with E-state index in [9.17, 15) is 14.9 Å². The number of anilines is 1. The van der Waals surface area contributed by atoms with Crippen LogP contribution in [0, 0.1) is 10.1 Å². The van der Waals surface area contributed by atoms with Crippen LogP contribution < -0.4 is 5.32 Å². The number of thioether (sulfide) groups is 1. The monoisotopic (exact) mass is 280 g/mol. The smallest absolute Gasteiger partial charge is 0.302 e. The molecule has 1 aromatic rings. The van der Waals surface area contributed by atoms with Crippen LogP contribution in [0.1, 0.15) is 13.3 Å². The Morgan fingerprint density at radius 1 is 1.53 bits per heavy atom. The van der Waals surface area contributed by atoms with Crippen LogP contribution in [0.25, 0.3) is 0 Å². The molecule has 19 heavy (non-hydrogen) atoms. The summed E-state index contributed by atoms with van der Waals surface area (Å²) in [5.74, 6) is -0.305. The van der Waals surface area contributed by atoms with Crippen molar-refractivity contribution in [2.24, 2.45) is 0 Å². The summed E-state index contributed by atoms with van der Waals surface area (Å²) in [7, 11) is 0. The lowest BCUT2D eigenvalue weighted by Crippen LogP contribution is -2.08. The van der Waals surface area contributed by atoms with Crippen LogP contribution in [0.2, 0.25) is 0 Å². The fourth-order valence-electron chi connectivity index (χ4n) is 1.59. The van der Waals surface area contributed by atoms with Gasteiger partial charge in [-0.05, 0) is 11.5 Å². The number of carbonyl (C=O) groups excluding carboxylic acids is 1. The minimum atomic E-state index is -0.416. The van der Waals surface area contributed by atoms with Crippen LogP contribution >= 0.6 is 11.8 Å². The van der Waals surface area contributed by atoms with Crippen molar-refractivity contribution in [3.63, 3.8) is 0 Å². The van der Waals surface area contributed by atoms with Crippen molar-refractivity contribution < 1.29 is 14.5 Å². The molecule has 0 aromatic heterocycles. The summed E-state index contributed by atoms with van der Waals surface area (Å²) < 4.78 is 4.86. The van der Waals surface area contributed by atoms with Gasteiger partial charge in [0.1, 0.15) is 0 Å². The number of benzene rings is 1. The predicted molar refractivity (Wildman–Crippen MR) is 71.9 cm³/mol. The van der Waals surface area contributed by atoms with Crippen molar-refractivity contribution in [2.45, 2.75) is 18.2 Å². The van der Waals surface area contributed by atoms with Crippen molar-refractivity contribution in [2.75, 3.05) is 11.9 Å². The third-order valence-electron chi connectivity index (χ3n) is 2.48. The molecule has 100 valence electrons. The van der Waals surface area contributed by atoms with E-state index >= 15 is 0 Å². The Bertz CT molecular complexity index is 557. The Balaban J connectivity index is 2.01. The molecule has 1 aliphatic heterocycles. The molecule has 0 spiro atoms. The van der Waals surface area contributed by atoms with Crippen molar-refractivity contribution in [3.05, 3.63) is 39.4 Å². The highest BCUT2D eigenvalue weighted by molar-refractivity contribution is 8.02. The van der Waals surface area contributed by atoms with Gasteiger partial charge in [0, 0.05) is 36.1 Å². The first kappa shape index (κ1) is 13.4. The lowest BCUT2D eigenvalue weighted by Gasteiger charge is -2.18. The van der Waals surface area contributed by atoms with Crippen LogP contribution in [0.5, 0.6) is 0 Å². The molecule has 0 bridgehead atoms. The van der Waals surface area contributed by atoms with Crippen LogP contribution in [-0.2, 0) is 9.53 Å². The molecule has 0 radical (unpaired) electrons. The van der Waals surface area contributed by atoms with Crippen molar-refractivity contribution >= 4 is 29.1 Å². The van der Waals surface area contributed by atoms with Gasteiger partial charge < -0.3 is 10.1 Å². The van der Waals surface area contributed by atoms with Gasteiger partial charge in [-0.3, -0.25) is 14.9 Å². The zero-order valence-corrected chi connectivity index (χ0v) is 11.0. The quantitative estimate of drug-likeness (QED) is 0.519. The lowest BCUT2D eigenvalue weighted by atomic mass is 10.2. The number of nitrogens with one attached hydrogen (secondary N) is 1. The standard InChI is InChI=1S/C12H12N2O4S/c1-8(15)18-5-4-9-7-19-12-6-10(14(16)17)2-3-11(12)13-9/h2-3,6-7,13H,4-5H2,1H3. The molecule has 0 fully saturated rings. The Hall–Kier alpha value is -2.02. The van der Waals surface area contributed by atoms with E-state index in [-0.39, 0.29) is 11.7 Å². The molecule has 0 saturated carbocycles. The van der Waals surface area contributed by atoms with Crippen molar-refractivity contribution in [1.82, 2.24) is 0 Å². The maximum atomic E-state index is 10.7. The number of non-ortho nitro benzene ring substituents is 1. The number of nitrogens with zero attached hydrogens (tertiary/aromatic N) is 1. The number of hydrogen-bond donors (Lipinski definition) is 1. The maximum Gasteiger partial charge on any atom is 0.302 e. The Morgan fingerprint density at radius 3 is 3.00 bits per heavy atom. The molecule has 0 aliphatic carbocycles. The summed E-state index contributed by atoms with van der Waals surface area (Å²) in [5, 5.41) is 15.7. The molecule has 0 atom stereocenters. The van der Waals surface area contributed by atoms with Crippen LogP contribution in [0.3, 0.4) is 0 Å². The van der Waals surface area contributed by atoms with E-state index in [1.165, 1.54) is 30.8 Å². The number of nitro groups is 1. The first-order chi connectivity index (χ1) is 9.06. The van der Waals surface area contributed by atoms with Gasteiger partial charge in [0.25, 0.3) is 5.69 Å². The third kappa shape index (κ3) is 3.47. The van der Waals surface area contributed by atoms with E-state index in [0.717, 1.165) is 16.3 Å². The Kier molecular flexibility index (Phi) is 4.06. The average molecular weight is 280 g/mol. The van der Waals surface area contributed by atoms with Gasteiger partial charge in [-0.15, -0.1) is 0 Å². The highest BCUT2D eigenvalue weighted by Crippen LogP contribution is 2.37. The van der Waals surface area contributed by atoms with Gasteiger partial charge >= 0.3 is 5.97 Å². The summed E-state index contributed by atoms with van der Waals surface area (Å²) in [4.78, 5) is 21.7. The van der Waals surface area contributed by atoms with E-state index in [0.29, 0.717) is 13.0 Å².